The number of likely N-dealkylation sites (N-methyl/N-ethyl adjacent to an activating group) is 1. The number of Topliss-reactive ketones (excluding diaryl/α,β-unsaturated/α-hetero) is 1. The van der Waals surface area contributed by atoms with E-state index in [9.17, 15) is 18.0 Å². The van der Waals surface area contributed by atoms with Crippen LogP contribution in [0.3, 0.4) is 0 Å². The number of nitrogens with zero attached hydrogens (tertiary/aromatic N) is 1. The van der Waals surface area contributed by atoms with Gasteiger partial charge in [0.05, 0.1) is 18.7 Å². The van der Waals surface area contributed by atoms with E-state index in [1.165, 1.54) is 6.26 Å². The van der Waals surface area contributed by atoms with Gasteiger partial charge < -0.3 is 4.42 Å². The Bertz CT molecular complexity index is 604. The fourth-order valence-corrected chi connectivity index (χ4v) is 2.02. The summed E-state index contributed by atoms with van der Waals surface area (Å²) in [5.41, 5.74) is 0.871. The number of ketones is 1. The molecule has 0 spiro atoms. The van der Waals surface area contributed by atoms with E-state index >= 15 is 0 Å². The third-order valence-electron chi connectivity index (χ3n) is 3.00. The summed E-state index contributed by atoms with van der Waals surface area (Å²) in [5.74, 6) is -0.374. The van der Waals surface area contributed by atoms with Gasteiger partial charge in [-0.3, -0.25) is 9.69 Å². The number of para-hydroxylation sites is 1. The number of alkyl halides is 3. The second kappa shape index (κ2) is 5.66. The lowest BCUT2D eigenvalue weighted by atomic mass is 10.1. The molecule has 6 heteroatoms. The highest BCUT2D eigenvalue weighted by Crippen LogP contribution is 2.22. The fourth-order valence-electron chi connectivity index (χ4n) is 2.02. The molecule has 108 valence electrons. The van der Waals surface area contributed by atoms with E-state index in [4.69, 9.17) is 4.42 Å². The summed E-state index contributed by atoms with van der Waals surface area (Å²) in [6.07, 6.45) is -3.01. The van der Waals surface area contributed by atoms with E-state index in [1.54, 1.807) is 31.2 Å². The van der Waals surface area contributed by atoms with Crippen LogP contribution in [-0.4, -0.2) is 36.5 Å². The molecule has 0 radical (unpaired) electrons. The molecule has 0 aliphatic carbocycles. The van der Waals surface area contributed by atoms with Crippen molar-refractivity contribution in [2.24, 2.45) is 0 Å². The van der Waals surface area contributed by atoms with Crippen molar-refractivity contribution in [3.8, 4) is 0 Å². The predicted molar refractivity (Wildman–Crippen MR) is 68.7 cm³/mol. The summed E-state index contributed by atoms with van der Waals surface area (Å²) < 4.78 is 42.3. The van der Waals surface area contributed by atoms with Crippen LogP contribution in [0.1, 0.15) is 17.3 Å². The van der Waals surface area contributed by atoms with Gasteiger partial charge in [0.25, 0.3) is 0 Å². The van der Waals surface area contributed by atoms with Gasteiger partial charge in [-0.2, -0.15) is 13.2 Å². The van der Waals surface area contributed by atoms with Crippen molar-refractivity contribution in [2.45, 2.75) is 13.1 Å². The lowest BCUT2D eigenvalue weighted by Gasteiger charge is -2.20. The second-order valence-electron chi connectivity index (χ2n) is 4.49. The molecule has 20 heavy (non-hydrogen) atoms. The maximum Gasteiger partial charge on any atom is 0.401 e. The van der Waals surface area contributed by atoms with Crippen LogP contribution >= 0.6 is 0 Å². The Balaban J connectivity index is 2.15. The van der Waals surface area contributed by atoms with E-state index in [1.807, 2.05) is 0 Å². The van der Waals surface area contributed by atoms with Crippen molar-refractivity contribution in [1.29, 1.82) is 0 Å². The highest BCUT2D eigenvalue weighted by Gasteiger charge is 2.31. The van der Waals surface area contributed by atoms with Crippen molar-refractivity contribution in [3.63, 3.8) is 0 Å². The number of carbonyl (C=O) groups excluding carboxylic acids is 1. The van der Waals surface area contributed by atoms with Gasteiger partial charge in [-0.15, -0.1) is 0 Å². The van der Waals surface area contributed by atoms with E-state index in [-0.39, 0.29) is 18.9 Å². The first-order chi connectivity index (χ1) is 9.40. The molecule has 2 aromatic rings. The minimum atomic E-state index is -4.31. The van der Waals surface area contributed by atoms with Gasteiger partial charge in [0, 0.05) is 5.39 Å². The quantitative estimate of drug-likeness (QED) is 0.788. The highest BCUT2D eigenvalue weighted by atomic mass is 19.4. The smallest absolute Gasteiger partial charge is 0.401 e. The Morgan fingerprint density at radius 2 is 2.00 bits per heavy atom. The van der Waals surface area contributed by atoms with Crippen LogP contribution in [0.15, 0.2) is 34.9 Å². The number of hydrogen-bond acceptors (Lipinski definition) is 3. The van der Waals surface area contributed by atoms with Crippen LogP contribution in [0.25, 0.3) is 11.0 Å². The Labute approximate surface area is 114 Å². The Kier molecular flexibility index (Phi) is 4.13. The summed E-state index contributed by atoms with van der Waals surface area (Å²) in [5, 5.41) is 0.626. The van der Waals surface area contributed by atoms with Crippen LogP contribution in [-0.2, 0) is 0 Å². The molecule has 0 aliphatic rings. The van der Waals surface area contributed by atoms with Gasteiger partial charge in [-0.25, -0.2) is 0 Å². The number of furan rings is 1. The molecule has 0 saturated heterocycles. The number of benzene rings is 1. The number of halogens is 3. The van der Waals surface area contributed by atoms with Gasteiger partial charge in [-0.1, -0.05) is 25.1 Å². The molecule has 0 aliphatic heterocycles. The molecule has 0 unspecified atom stereocenters. The van der Waals surface area contributed by atoms with Gasteiger partial charge in [-0.05, 0) is 12.6 Å². The maximum absolute atomic E-state index is 12.4. The average molecular weight is 285 g/mol. The van der Waals surface area contributed by atoms with Crippen LogP contribution in [0.5, 0.6) is 0 Å². The third-order valence-corrected chi connectivity index (χ3v) is 3.00. The van der Waals surface area contributed by atoms with Crippen molar-refractivity contribution in [3.05, 3.63) is 36.1 Å². The van der Waals surface area contributed by atoms with Gasteiger partial charge in [0.2, 0.25) is 0 Å². The number of fused-ring (bicyclic) bond motifs is 1. The zero-order chi connectivity index (χ0) is 14.8. The zero-order valence-corrected chi connectivity index (χ0v) is 10.9. The number of hydrogen-bond donors (Lipinski definition) is 0. The van der Waals surface area contributed by atoms with E-state index < -0.39 is 12.7 Å². The summed E-state index contributed by atoms with van der Waals surface area (Å²) in [6, 6.07) is 6.94. The molecule has 0 bridgehead atoms. The number of carbonyl (C=O) groups is 1. The normalized spacial score (nSPS) is 12.2. The fraction of sp³-hybridized carbons (Fsp3) is 0.357. The minimum absolute atomic E-state index is 0.154. The van der Waals surface area contributed by atoms with Gasteiger partial charge in [0.1, 0.15) is 11.8 Å². The topological polar surface area (TPSA) is 33.5 Å². The Hall–Kier alpha value is -1.82. The molecular formula is C14H14F3NO2. The largest absolute Gasteiger partial charge is 0.464 e. The van der Waals surface area contributed by atoms with Crippen LogP contribution in [0.2, 0.25) is 0 Å². The zero-order valence-electron chi connectivity index (χ0n) is 10.9. The third kappa shape index (κ3) is 3.39. The molecule has 2 rings (SSSR count). The standard InChI is InChI=1S/C14H14F3NO2/c1-2-18(9-14(15,16)17)7-12(19)11-8-20-13-6-4-3-5-10(11)13/h3-6,8H,2,7,9H2,1H3. The van der Waals surface area contributed by atoms with Crippen LogP contribution in [0.4, 0.5) is 13.2 Å². The van der Waals surface area contributed by atoms with E-state index in [2.05, 4.69) is 0 Å². The van der Waals surface area contributed by atoms with Crippen LogP contribution < -0.4 is 0 Å². The molecule has 0 N–H and O–H groups in total. The molecule has 1 aromatic carbocycles. The number of rotatable bonds is 5. The summed E-state index contributed by atoms with van der Waals surface area (Å²) in [6.45, 7) is 0.373. The maximum atomic E-state index is 12.4. The Morgan fingerprint density at radius 3 is 2.65 bits per heavy atom. The molecule has 0 amide bonds. The van der Waals surface area contributed by atoms with Crippen molar-refractivity contribution in [1.82, 2.24) is 4.90 Å². The Morgan fingerprint density at radius 1 is 1.30 bits per heavy atom. The summed E-state index contributed by atoms with van der Waals surface area (Å²) >= 11 is 0. The first-order valence-electron chi connectivity index (χ1n) is 6.19. The summed E-state index contributed by atoms with van der Waals surface area (Å²) in [4.78, 5) is 13.2. The monoisotopic (exact) mass is 285 g/mol. The SMILES string of the molecule is CCN(CC(=O)c1coc2ccccc12)CC(F)(F)F. The van der Waals surface area contributed by atoms with E-state index in [0.717, 1.165) is 4.90 Å². The van der Waals surface area contributed by atoms with Crippen LogP contribution in [0, 0.1) is 0 Å². The first-order valence-corrected chi connectivity index (χ1v) is 6.19. The van der Waals surface area contributed by atoms with Gasteiger partial charge >= 0.3 is 6.18 Å². The lowest BCUT2D eigenvalue weighted by Crippen LogP contribution is -2.37. The molecule has 1 aromatic heterocycles. The molecule has 1 heterocycles. The molecule has 3 nitrogen and oxygen atoms in total. The van der Waals surface area contributed by atoms with Crippen molar-refractivity contribution < 1.29 is 22.4 Å². The second-order valence-corrected chi connectivity index (χ2v) is 4.49. The predicted octanol–water partition coefficient (Wildman–Crippen LogP) is 3.50. The summed E-state index contributed by atoms with van der Waals surface area (Å²) in [7, 11) is 0. The average Bonchev–Trinajstić information content (AvgIpc) is 2.80. The van der Waals surface area contributed by atoms with Gasteiger partial charge in [0.15, 0.2) is 5.78 Å². The lowest BCUT2D eigenvalue weighted by molar-refractivity contribution is -0.144. The molecular weight excluding hydrogens is 271 g/mol. The van der Waals surface area contributed by atoms with E-state index in [0.29, 0.717) is 16.5 Å². The van der Waals surface area contributed by atoms with Crippen molar-refractivity contribution >= 4 is 16.8 Å². The van der Waals surface area contributed by atoms with Crippen molar-refractivity contribution in [2.75, 3.05) is 19.6 Å². The first kappa shape index (κ1) is 14.6. The molecule has 0 atom stereocenters. The molecule has 0 saturated carbocycles. The molecule has 0 fully saturated rings. The minimum Gasteiger partial charge on any atom is -0.464 e. The highest BCUT2D eigenvalue weighted by molar-refractivity contribution is 6.08.